The molecule has 1 aromatic carbocycles. The Kier molecular flexibility index (Phi) is 3.32. The average molecular weight is 313 g/mol. The number of carbonyl (C=O) groups is 3. The summed E-state index contributed by atoms with van der Waals surface area (Å²) in [5.74, 6) is 0.0231. The highest BCUT2D eigenvalue weighted by Gasteiger charge is 2.32. The van der Waals surface area contributed by atoms with E-state index in [-0.39, 0.29) is 24.3 Å². The van der Waals surface area contributed by atoms with E-state index >= 15 is 0 Å². The first-order valence-electron chi connectivity index (χ1n) is 8.14. The second kappa shape index (κ2) is 5.37. The van der Waals surface area contributed by atoms with Gasteiger partial charge in [-0.25, -0.2) is 0 Å². The van der Waals surface area contributed by atoms with Crippen molar-refractivity contribution in [2.24, 2.45) is 0 Å². The van der Waals surface area contributed by atoms with Crippen molar-refractivity contribution < 1.29 is 14.4 Å². The van der Waals surface area contributed by atoms with Crippen LogP contribution in [-0.2, 0) is 16.1 Å². The topological polar surface area (TPSA) is 60.9 Å². The molecule has 23 heavy (non-hydrogen) atoms. The van der Waals surface area contributed by atoms with Gasteiger partial charge in [-0.15, -0.1) is 0 Å². The summed E-state index contributed by atoms with van der Waals surface area (Å²) in [5, 5.41) is 0. The van der Waals surface area contributed by atoms with Crippen LogP contribution in [0.2, 0.25) is 0 Å². The first-order chi connectivity index (χ1) is 11.1. The summed E-state index contributed by atoms with van der Waals surface area (Å²) in [4.78, 5) is 41.6. The van der Waals surface area contributed by atoms with Crippen LogP contribution in [0.25, 0.3) is 0 Å². The number of likely N-dealkylation sites (tertiary alicyclic amines) is 1. The molecule has 3 aliphatic rings. The zero-order chi connectivity index (χ0) is 16.0. The second-order valence-electron chi connectivity index (χ2n) is 6.39. The zero-order valence-corrected chi connectivity index (χ0v) is 13.0. The maximum atomic E-state index is 12.6. The summed E-state index contributed by atoms with van der Waals surface area (Å²) in [6, 6.07) is 5.60. The van der Waals surface area contributed by atoms with Gasteiger partial charge in [0.1, 0.15) is 6.54 Å². The number of amides is 3. The van der Waals surface area contributed by atoms with Crippen molar-refractivity contribution in [1.29, 1.82) is 0 Å². The fourth-order valence-corrected chi connectivity index (χ4v) is 3.39. The molecule has 0 aromatic heterocycles. The van der Waals surface area contributed by atoms with Gasteiger partial charge in [0.2, 0.25) is 11.8 Å². The predicted molar refractivity (Wildman–Crippen MR) is 84.0 cm³/mol. The lowest BCUT2D eigenvalue weighted by Gasteiger charge is -2.32. The van der Waals surface area contributed by atoms with Crippen molar-refractivity contribution >= 4 is 23.4 Å². The summed E-state index contributed by atoms with van der Waals surface area (Å²) in [7, 11) is 0. The van der Waals surface area contributed by atoms with E-state index < -0.39 is 0 Å². The van der Waals surface area contributed by atoms with E-state index in [0.29, 0.717) is 25.1 Å². The number of anilines is 1. The van der Waals surface area contributed by atoms with Crippen molar-refractivity contribution in [2.45, 2.75) is 25.8 Å². The Hall–Kier alpha value is -2.37. The summed E-state index contributed by atoms with van der Waals surface area (Å²) < 4.78 is 0. The standard InChI is InChI=1S/C17H19N3O3/c21-15-3-1-8-20(15)13-5-4-12-10-19(17(23)14(12)9-13)11-16(22)18-6-2-7-18/h4-5,9H,1-3,6-8,10-11H2. The molecule has 0 spiro atoms. The number of hydrogen-bond donors (Lipinski definition) is 0. The van der Waals surface area contributed by atoms with Gasteiger partial charge in [-0.3, -0.25) is 14.4 Å². The molecule has 2 fully saturated rings. The van der Waals surface area contributed by atoms with E-state index in [0.717, 1.165) is 37.2 Å². The summed E-state index contributed by atoms with van der Waals surface area (Å²) in [6.45, 7) is 2.93. The van der Waals surface area contributed by atoms with Gasteiger partial charge in [0, 0.05) is 43.9 Å². The van der Waals surface area contributed by atoms with Crippen LogP contribution in [0.3, 0.4) is 0 Å². The highest BCUT2D eigenvalue weighted by atomic mass is 16.2. The molecule has 0 aliphatic carbocycles. The van der Waals surface area contributed by atoms with Crippen LogP contribution >= 0.6 is 0 Å². The molecule has 120 valence electrons. The molecule has 1 aromatic rings. The van der Waals surface area contributed by atoms with Crippen LogP contribution in [0.1, 0.15) is 35.2 Å². The van der Waals surface area contributed by atoms with Crippen molar-refractivity contribution in [3.63, 3.8) is 0 Å². The summed E-state index contributed by atoms with van der Waals surface area (Å²) >= 11 is 0. The van der Waals surface area contributed by atoms with Crippen molar-refractivity contribution in [3.8, 4) is 0 Å². The van der Waals surface area contributed by atoms with Crippen molar-refractivity contribution in [3.05, 3.63) is 29.3 Å². The SMILES string of the molecule is O=C(CN1Cc2ccc(N3CCCC3=O)cc2C1=O)N1CCC1. The Bertz CT molecular complexity index is 696. The maximum Gasteiger partial charge on any atom is 0.255 e. The van der Waals surface area contributed by atoms with Gasteiger partial charge in [0.25, 0.3) is 5.91 Å². The Balaban J connectivity index is 1.52. The van der Waals surface area contributed by atoms with Crippen molar-refractivity contribution in [2.75, 3.05) is 31.1 Å². The summed E-state index contributed by atoms with van der Waals surface area (Å²) in [6.07, 6.45) is 2.48. The number of rotatable bonds is 3. The van der Waals surface area contributed by atoms with E-state index in [1.54, 1.807) is 20.8 Å². The second-order valence-corrected chi connectivity index (χ2v) is 6.39. The van der Waals surface area contributed by atoms with Gasteiger partial charge in [-0.05, 0) is 30.5 Å². The predicted octanol–water partition coefficient (Wildman–Crippen LogP) is 1.00. The molecule has 0 bridgehead atoms. The molecule has 6 heteroatoms. The number of benzene rings is 1. The Morgan fingerprint density at radius 1 is 1.09 bits per heavy atom. The molecule has 3 amide bonds. The van der Waals surface area contributed by atoms with Gasteiger partial charge < -0.3 is 14.7 Å². The molecule has 0 radical (unpaired) electrons. The minimum atomic E-state index is -0.109. The minimum Gasteiger partial charge on any atom is -0.341 e. The Labute approximate surface area is 134 Å². The number of nitrogens with zero attached hydrogens (tertiary/aromatic N) is 3. The van der Waals surface area contributed by atoms with Crippen LogP contribution in [0.15, 0.2) is 18.2 Å². The van der Waals surface area contributed by atoms with E-state index in [4.69, 9.17) is 0 Å². The third kappa shape index (κ3) is 2.38. The molecule has 3 aliphatic heterocycles. The van der Waals surface area contributed by atoms with Crippen molar-refractivity contribution in [1.82, 2.24) is 9.80 Å². The monoisotopic (exact) mass is 313 g/mol. The van der Waals surface area contributed by atoms with E-state index in [1.807, 2.05) is 12.1 Å². The number of carbonyl (C=O) groups excluding carboxylic acids is 3. The Morgan fingerprint density at radius 3 is 2.57 bits per heavy atom. The van der Waals surface area contributed by atoms with Crippen LogP contribution in [0.4, 0.5) is 5.69 Å². The van der Waals surface area contributed by atoms with Gasteiger partial charge in [-0.1, -0.05) is 6.07 Å². The molecule has 0 N–H and O–H groups in total. The molecule has 0 saturated carbocycles. The van der Waals surface area contributed by atoms with Gasteiger partial charge >= 0.3 is 0 Å². The van der Waals surface area contributed by atoms with Crippen LogP contribution in [0, 0.1) is 0 Å². The highest BCUT2D eigenvalue weighted by molar-refractivity contribution is 6.02. The maximum absolute atomic E-state index is 12.6. The van der Waals surface area contributed by atoms with Crippen LogP contribution < -0.4 is 4.90 Å². The van der Waals surface area contributed by atoms with E-state index in [1.165, 1.54) is 0 Å². The molecule has 0 unspecified atom stereocenters. The molecule has 3 heterocycles. The zero-order valence-electron chi connectivity index (χ0n) is 13.0. The van der Waals surface area contributed by atoms with Gasteiger partial charge in [0.15, 0.2) is 0 Å². The fourth-order valence-electron chi connectivity index (χ4n) is 3.39. The van der Waals surface area contributed by atoms with Gasteiger partial charge in [0.05, 0.1) is 0 Å². The molecule has 0 atom stereocenters. The lowest BCUT2D eigenvalue weighted by Crippen LogP contribution is -2.47. The third-order valence-electron chi connectivity index (χ3n) is 4.89. The average Bonchev–Trinajstić information content (AvgIpc) is 3.02. The first-order valence-corrected chi connectivity index (χ1v) is 8.14. The lowest BCUT2D eigenvalue weighted by molar-refractivity contribution is -0.135. The molecular formula is C17H19N3O3. The Morgan fingerprint density at radius 2 is 1.91 bits per heavy atom. The smallest absolute Gasteiger partial charge is 0.255 e. The fraction of sp³-hybridized carbons (Fsp3) is 0.471. The molecule has 6 nitrogen and oxygen atoms in total. The van der Waals surface area contributed by atoms with Crippen LogP contribution in [0.5, 0.6) is 0 Å². The number of hydrogen-bond acceptors (Lipinski definition) is 3. The highest BCUT2D eigenvalue weighted by Crippen LogP contribution is 2.29. The summed E-state index contributed by atoms with van der Waals surface area (Å²) in [5.41, 5.74) is 2.34. The third-order valence-corrected chi connectivity index (χ3v) is 4.89. The van der Waals surface area contributed by atoms with E-state index in [9.17, 15) is 14.4 Å². The van der Waals surface area contributed by atoms with Crippen LogP contribution in [-0.4, -0.2) is 53.7 Å². The largest absolute Gasteiger partial charge is 0.341 e. The van der Waals surface area contributed by atoms with E-state index in [2.05, 4.69) is 0 Å². The molecule has 4 rings (SSSR count). The molecular weight excluding hydrogens is 294 g/mol. The molecule has 2 saturated heterocycles. The lowest BCUT2D eigenvalue weighted by atomic mass is 10.1. The normalized spacial score (nSPS) is 20.1. The first kappa shape index (κ1) is 14.2. The number of fused-ring (bicyclic) bond motifs is 1. The van der Waals surface area contributed by atoms with Gasteiger partial charge in [-0.2, -0.15) is 0 Å². The quantitative estimate of drug-likeness (QED) is 0.836. The minimum absolute atomic E-state index is 0.0207.